The van der Waals surface area contributed by atoms with Gasteiger partial charge in [-0.3, -0.25) is 0 Å². The van der Waals surface area contributed by atoms with Gasteiger partial charge in [-0.05, 0) is 84.3 Å². The lowest BCUT2D eigenvalue weighted by atomic mass is 9.85. The van der Waals surface area contributed by atoms with Gasteiger partial charge in [-0.15, -0.1) is 0 Å². The Morgan fingerprint density at radius 2 is 1.49 bits per heavy atom. The Morgan fingerprint density at radius 1 is 0.820 bits per heavy atom. The van der Waals surface area contributed by atoms with Crippen molar-refractivity contribution in [2.75, 3.05) is 78.3 Å². The first-order chi connectivity index (χ1) is 29.2. The maximum Gasteiger partial charge on any atom is 0.209 e. The number of sulfone groups is 1. The molecule has 3 aromatic carbocycles. The summed E-state index contributed by atoms with van der Waals surface area (Å²) < 4.78 is 73.3. The summed E-state index contributed by atoms with van der Waals surface area (Å²) in [6.07, 6.45) is 0.750. The molecule has 5 atom stereocenters. The van der Waals surface area contributed by atoms with E-state index in [9.17, 15) is 8.42 Å². The molecule has 13 heteroatoms. The Labute approximate surface area is 368 Å². The molecule has 1 N–H and O–H groups in total. The molecule has 2 unspecified atom stereocenters. The summed E-state index contributed by atoms with van der Waals surface area (Å²) in [4.78, 5) is 2.45. The second-order valence-corrected chi connectivity index (χ2v) is 25.1. The molecule has 0 spiro atoms. The van der Waals surface area contributed by atoms with Gasteiger partial charge in [0.25, 0.3) is 0 Å². The zero-order chi connectivity index (χ0) is 44.2. The summed E-state index contributed by atoms with van der Waals surface area (Å²) in [5, 5.41) is 3.56. The Balaban J connectivity index is 1.48. The second kappa shape index (κ2) is 23.2. The third kappa shape index (κ3) is 12.5. The molecular formula is C48H74N2O9SSi. The van der Waals surface area contributed by atoms with Crippen LogP contribution in [-0.2, 0) is 44.6 Å². The number of hydrogen-bond donors (Lipinski definition) is 1. The number of ether oxygens (including phenoxy) is 6. The molecule has 0 aliphatic carbocycles. The predicted molar refractivity (Wildman–Crippen MR) is 246 cm³/mol. The van der Waals surface area contributed by atoms with Gasteiger partial charge in [0, 0.05) is 59.1 Å². The Kier molecular flexibility index (Phi) is 18.7. The van der Waals surface area contributed by atoms with E-state index in [1.54, 1.807) is 26.4 Å². The summed E-state index contributed by atoms with van der Waals surface area (Å²) in [6, 6.07) is 21.0. The summed E-state index contributed by atoms with van der Waals surface area (Å²) in [5.41, 5.74) is 4.58. The molecule has 0 bridgehead atoms. The predicted octanol–water partition coefficient (Wildman–Crippen LogP) is 8.99. The second-order valence-electron chi connectivity index (χ2n) is 17.7. The van der Waals surface area contributed by atoms with Gasteiger partial charge in [-0.25, -0.2) is 8.42 Å². The molecule has 0 amide bonds. The number of nitrogens with one attached hydrogen (secondary N) is 1. The minimum absolute atomic E-state index is 0.0318. The normalized spacial score (nSPS) is 19.6. The van der Waals surface area contributed by atoms with Gasteiger partial charge in [0.05, 0.1) is 49.2 Å². The van der Waals surface area contributed by atoms with Crippen molar-refractivity contribution in [1.29, 1.82) is 0 Å². The average Bonchev–Trinajstić information content (AvgIpc) is 3.23. The largest absolute Gasteiger partial charge is 0.490 e. The summed E-state index contributed by atoms with van der Waals surface area (Å²) in [6.45, 7) is 23.7. The summed E-state index contributed by atoms with van der Waals surface area (Å²) >= 11 is 0. The lowest BCUT2D eigenvalue weighted by molar-refractivity contribution is -0.0675. The first kappa shape index (κ1) is 49.2. The van der Waals surface area contributed by atoms with Crippen LogP contribution in [0.1, 0.15) is 94.9 Å². The number of piperidine rings is 1. The molecule has 0 aromatic heterocycles. The molecule has 2 aliphatic heterocycles. The first-order valence-electron chi connectivity index (χ1n) is 22.3. The van der Waals surface area contributed by atoms with Crippen molar-refractivity contribution < 1.29 is 41.3 Å². The van der Waals surface area contributed by atoms with E-state index in [1.807, 2.05) is 37.3 Å². The van der Waals surface area contributed by atoms with Gasteiger partial charge < -0.3 is 43.1 Å². The fourth-order valence-corrected chi connectivity index (χ4v) is 16.6. The lowest BCUT2D eigenvalue weighted by Gasteiger charge is -2.44. The van der Waals surface area contributed by atoms with Gasteiger partial charge in [-0.2, -0.15) is 0 Å². The Hall–Kier alpha value is -2.85. The van der Waals surface area contributed by atoms with Crippen LogP contribution in [0.25, 0.3) is 0 Å². The number of rotatable bonds is 24. The molecule has 340 valence electrons. The number of benzene rings is 3. The van der Waals surface area contributed by atoms with Crippen molar-refractivity contribution >= 4 is 23.8 Å². The molecular weight excluding hydrogens is 809 g/mol. The van der Waals surface area contributed by atoms with Crippen molar-refractivity contribution in [3.05, 3.63) is 89.0 Å². The quantitative estimate of drug-likeness (QED) is 0.0687. The highest BCUT2D eigenvalue weighted by molar-refractivity contribution is 7.91. The van der Waals surface area contributed by atoms with E-state index in [4.69, 9.17) is 32.8 Å². The zero-order valence-corrected chi connectivity index (χ0v) is 40.3. The van der Waals surface area contributed by atoms with Crippen molar-refractivity contribution in [3.8, 4) is 5.75 Å². The molecule has 2 aliphatic rings. The van der Waals surface area contributed by atoms with Gasteiger partial charge in [0.1, 0.15) is 12.4 Å². The van der Waals surface area contributed by atoms with Crippen LogP contribution in [0, 0.1) is 6.92 Å². The molecule has 61 heavy (non-hydrogen) atoms. The fourth-order valence-electron chi connectivity index (χ4n) is 9.36. The highest BCUT2D eigenvalue weighted by atomic mass is 32.2. The number of hydrogen-bond acceptors (Lipinski definition) is 11. The van der Waals surface area contributed by atoms with E-state index in [2.05, 4.69) is 82.9 Å². The standard InChI is InChI=1S/C48H74N2O9SSi/c1-34(2)61(35(3)4,36(5)6)59-38(8)22-26-56-45-31-49-32-46(47(45)40-16-14-39(15-17-40)33-55-29-28-54-10)58-48(60(51,52)42-19-12-37(7)13-20-42)41-18-21-44-43(30-41)50(24-27-57-44)23-11-25-53-9/h12-21,30,34-36,38,45-49H,11,22-29,31-33H2,1-10H3/t38?,45-,46+,47+,48?/m1/s1. The Morgan fingerprint density at radius 3 is 2.15 bits per heavy atom. The smallest absolute Gasteiger partial charge is 0.209 e. The van der Waals surface area contributed by atoms with Gasteiger partial charge in [0.2, 0.25) is 18.2 Å². The number of methoxy groups -OCH3 is 2. The van der Waals surface area contributed by atoms with E-state index >= 15 is 0 Å². The van der Waals surface area contributed by atoms with Crippen LogP contribution in [0.3, 0.4) is 0 Å². The highest BCUT2D eigenvalue weighted by Crippen LogP contribution is 2.44. The van der Waals surface area contributed by atoms with E-state index in [0.29, 0.717) is 81.5 Å². The van der Waals surface area contributed by atoms with Crippen LogP contribution in [-0.4, -0.2) is 108 Å². The van der Waals surface area contributed by atoms with Gasteiger partial charge in [-0.1, -0.05) is 89.6 Å². The number of nitrogens with zero attached hydrogens (tertiary/aromatic N) is 1. The maximum absolute atomic E-state index is 14.9. The molecule has 0 radical (unpaired) electrons. The maximum atomic E-state index is 14.9. The zero-order valence-electron chi connectivity index (χ0n) is 38.5. The lowest BCUT2D eigenvalue weighted by Crippen LogP contribution is -2.52. The van der Waals surface area contributed by atoms with E-state index in [-0.39, 0.29) is 23.0 Å². The van der Waals surface area contributed by atoms with E-state index < -0.39 is 29.7 Å². The minimum atomic E-state index is -4.06. The summed E-state index contributed by atoms with van der Waals surface area (Å²) in [5.74, 6) is 0.447. The number of fused-ring (bicyclic) bond motifs is 1. The monoisotopic (exact) mass is 882 g/mol. The van der Waals surface area contributed by atoms with Crippen molar-refractivity contribution in [2.45, 2.75) is 126 Å². The van der Waals surface area contributed by atoms with Crippen LogP contribution in [0.15, 0.2) is 71.6 Å². The van der Waals surface area contributed by atoms with Crippen molar-refractivity contribution in [1.82, 2.24) is 5.32 Å². The molecule has 5 rings (SSSR count). The fraction of sp³-hybridized carbons (Fsp3) is 0.625. The molecule has 11 nitrogen and oxygen atoms in total. The van der Waals surface area contributed by atoms with Crippen molar-refractivity contribution in [2.24, 2.45) is 0 Å². The van der Waals surface area contributed by atoms with E-state index in [1.165, 1.54) is 0 Å². The van der Waals surface area contributed by atoms with E-state index in [0.717, 1.165) is 47.5 Å². The minimum Gasteiger partial charge on any atom is -0.490 e. The van der Waals surface area contributed by atoms with Crippen LogP contribution < -0.4 is 15.0 Å². The topological polar surface area (TPSA) is 114 Å². The van der Waals surface area contributed by atoms with Gasteiger partial charge >= 0.3 is 0 Å². The SMILES string of the molecule is COCCCN1CCOc2ccc(C(O[C@H]3CNC[C@@H](OCCC(C)O[Si](C(C)C)(C(C)C)C(C)C)[C@@H]3c3ccc(COCCOC)cc3)S(=O)(=O)c3ccc(C)cc3)cc21. The summed E-state index contributed by atoms with van der Waals surface area (Å²) in [7, 11) is -2.77. The molecule has 2 heterocycles. The Bertz CT molecular complexity index is 1850. The van der Waals surface area contributed by atoms with Gasteiger partial charge in [0.15, 0.2) is 5.44 Å². The third-order valence-corrected chi connectivity index (χ3v) is 20.5. The van der Waals surface area contributed by atoms with Crippen LogP contribution in [0.4, 0.5) is 5.69 Å². The van der Waals surface area contributed by atoms with Crippen LogP contribution in [0.2, 0.25) is 16.6 Å². The van der Waals surface area contributed by atoms with Crippen LogP contribution in [0.5, 0.6) is 5.75 Å². The number of aryl methyl sites for hydroxylation is 1. The molecule has 0 saturated carbocycles. The van der Waals surface area contributed by atoms with Crippen molar-refractivity contribution in [3.63, 3.8) is 0 Å². The third-order valence-electron chi connectivity index (χ3n) is 12.4. The molecule has 3 aromatic rings. The average molecular weight is 883 g/mol. The van der Waals surface area contributed by atoms with Crippen LogP contribution >= 0.6 is 0 Å². The number of anilines is 1. The molecule has 1 saturated heterocycles. The highest BCUT2D eigenvalue weighted by Gasteiger charge is 2.46. The molecule has 1 fully saturated rings. The first-order valence-corrected chi connectivity index (χ1v) is 26.0.